The Labute approximate surface area is 113 Å². The van der Waals surface area contributed by atoms with E-state index in [1.807, 2.05) is 24.3 Å². The van der Waals surface area contributed by atoms with Gasteiger partial charge in [0.1, 0.15) is 5.75 Å². The number of rotatable bonds is 4. The number of para-hydroxylation sites is 1. The Morgan fingerprint density at radius 2 is 2.17 bits per heavy atom. The molecular weight excluding hydrogens is 294 g/mol. The number of benzene rings is 1. The van der Waals surface area contributed by atoms with E-state index in [1.165, 1.54) is 0 Å². The van der Waals surface area contributed by atoms with Crippen LogP contribution in [-0.4, -0.2) is 9.55 Å². The summed E-state index contributed by atoms with van der Waals surface area (Å²) < 4.78 is 8.24. The molecule has 1 aromatic heterocycles. The van der Waals surface area contributed by atoms with Gasteiger partial charge < -0.3 is 4.74 Å². The highest BCUT2D eigenvalue weighted by Crippen LogP contribution is 2.26. The normalized spacial score (nSPS) is 11.8. The summed E-state index contributed by atoms with van der Waals surface area (Å²) in [5.41, 5.74) is 0.120. The zero-order valence-electron chi connectivity index (χ0n) is 9.58. The monoisotopic (exact) mass is 305 g/mol. The molecule has 0 spiro atoms. The van der Waals surface area contributed by atoms with Crippen molar-refractivity contribution in [3.05, 3.63) is 65.5 Å². The number of hydrogen-bond donors (Lipinski definition) is 1. The van der Waals surface area contributed by atoms with Gasteiger partial charge in [-0.1, -0.05) is 18.7 Å². The molecule has 0 aliphatic carbocycles. The number of nitrogens with one attached hydrogen (secondary N) is 1. The van der Waals surface area contributed by atoms with Crippen molar-refractivity contribution in [2.24, 2.45) is 0 Å². The van der Waals surface area contributed by atoms with Crippen molar-refractivity contribution in [2.45, 2.75) is 6.23 Å². The maximum absolute atomic E-state index is 7.74. The standard InChI is InChI=1S/C13H12BrN3O/c1-2-12(17-9-5-8-16-13(17)15)18-11-7-4-3-6-10(11)14/h2-9,12,15H,1H2. The second-order valence-corrected chi connectivity index (χ2v) is 4.38. The summed E-state index contributed by atoms with van der Waals surface area (Å²) in [4.78, 5) is 3.90. The van der Waals surface area contributed by atoms with Gasteiger partial charge in [0, 0.05) is 12.4 Å². The predicted molar refractivity (Wildman–Crippen MR) is 72.1 cm³/mol. The molecule has 1 N–H and O–H groups in total. The number of hydrogen-bond acceptors (Lipinski definition) is 3. The van der Waals surface area contributed by atoms with Gasteiger partial charge in [-0.25, -0.2) is 4.98 Å². The van der Waals surface area contributed by atoms with Crippen LogP contribution < -0.4 is 10.4 Å². The molecule has 0 saturated heterocycles. The van der Waals surface area contributed by atoms with Crippen molar-refractivity contribution >= 4 is 15.9 Å². The minimum Gasteiger partial charge on any atom is -0.465 e. The van der Waals surface area contributed by atoms with E-state index in [9.17, 15) is 0 Å². The zero-order valence-corrected chi connectivity index (χ0v) is 11.2. The first kappa shape index (κ1) is 12.6. The second-order valence-electron chi connectivity index (χ2n) is 3.53. The number of nitrogens with zero attached hydrogens (tertiary/aromatic N) is 2. The van der Waals surface area contributed by atoms with Crippen LogP contribution in [0.5, 0.6) is 5.75 Å². The van der Waals surface area contributed by atoms with Crippen LogP contribution in [0.4, 0.5) is 0 Å². The second kappa shape index (κ2) is 5.64. The number of aromatic nitrogens is 2. The highest BCUT2D eigenvalue weighted by Gasteiger charge is 2.10. The van der Waals surface area contributed by atoms with E-state index in [4.69, 9.17) is 10.1 Å². The minimum absolute atomic E-state index is 0.120. The van der Waals surface area contributed by atoms with Gasteiger partial charge in [0.05, 0.1) is 4.47 Å². The fourth-order valence-corrected chi connectivity index (χ4v) is 1.85. The van der Waals surface area contributed by atoms with Crippen LogP contribution in [0, 0.1) is 5.41 Å². The van der Waals surface area contributed by atoms with E-state index in [2.05, 4.69) is 27.5 Å². The fraction of sp³-hybridized carbons (Fsp3) is 0.0769. The molecule has 0 aliphatic rings. The number of ether oxygens (including phenoxy) is 1. The molecule has 0 saturated carbocycles. The summed E-state index contributed by atoms with van der Waals surface area (Å²) in [6, 6.07) is 9.28. The van der Waals surface area contributed by atoms with E-state index >= 15 is 0 Å². The maximum Gasteiger partial charge on any atom is 0.225 e. The van der Waals surface area contributed by atoms with Gasteiger partial charge in [-0.2, -0.15) is 0 Å². The quantitative estimate of drug-likeness (QED) is 0.883. The third-order valence-corrected chi connectivity index (χ3v) is 2.99. The molecule has 0 fully saturated rings. The molecule has 18 heavy (non-hydrogen) atoms. The Bertz CT molecular complexity index is 609. The van der Waals surface area contributed by atoms with Crippen LogP contribution in [0.15, 0.2) is 59.9 Å². The van der Waals surface area contributed by atoms with Gasteiger partial charge in [0.25, 0.3) is 0 Å². The van der Waals surface area contributed by atoms with Gasteiger partial charge in [0.15, 0.2) is 6.23 Å². The molecule has 0 radical (unpaired) electrons. The molecule has 1 aromatic carbocycles. The summed E-state index contributed by atoms with van der Waals surface area (Å²) in [6.45, 7) is 3.73. The van der Waals surface area contributed by atoms with E-state index in [1.54, 1.807) is 29.1 Å². The summed E-state index contributed by atoms with van der Waals surface area (Å²) in [6.07, 6.45) is 4.46. The Morgan fingerprint density at radius 3 is 2.83 bits per heavy atom. The van der Waals surface area contributed by atoms with Gasteiger partial charge in [0.2, 0.25) is 5.62 Å². The van der Waals surface area contributed by atoms with Gasteiger partial charge in [-0.3, -0.25) is 9.98 Å². The summed E-state index contributed by atoms with van der Waals surface area (Å²) >= 11 is 3.41. The molecule has 2 aromatic rings. The lowest BCUT2D eigenvalue weighted by Gasteiger charge is -2.18. The molecule has 1 unspecified atom stereocenters. The SMILES string of the molecule is C=CC(Oc1ccccc1Br)n1cccnc1=N. The fourth-order valence-electron chi connectivity index (χ4n) is 1.48. The lowest BCUT2D eigenvalue weighted by molar-refractivity contribution is 0.173. The van der Waals surface area contributed by atoms with Crippen molar-refractivity contribution in [3.8, 4) is 5.75 Å². The maximum atomic E-state index is 7.74. The highest BCUT2D eigenvalue weighted by atomic mass is 79.9. The summed E-state index contributed by atoms with van der Waals surface area (Å²) in [7, 11) is 0. The van der Waals surface area contributed by atoms with E-state index in [-0.39, 0.29) is 5.62 Å². The Hall–Kier alpha value is -1.88. The average Bonchev–Trinajstić information content (AvgIpc) is 2.39. The largest absolute Gasteiger partial charge is 0.465 e. The first-order valence-corrected chi connectivity index (χ1v) is 6.13. The smallest absolute Gasteiger partial charge is 0.225 e. The molecule has 2 rings (SSSR count). The molecule has 1 atom stereocenters. The predicted octanol–water partition coefficient (Wildman–Crippen LogP) is 2.89. The van der Waals surface area contributed by atoms with Crippen LogP contribution in [0.25, 0.3) is 0 Å². The van der Waals surface area contributed by atoms with Gasteiger partial charge in [-0.05, 0) is 40.2 Å². The molecule has 0 amide bonds. The van der Waals surface area contributed by atoms with Crippen LogP contribution in [0.2, 0.25) is 0 Å². The molecule has 1 heterocycles. The average molecular weight is 306 g/mol. The molecule has 5 heteroatoms. The Balaban J connectivity index is 2.32. The van der Waals surface area contributed by atoms with Crippen molar-refractivity contribution in [1.29, 1.82) is 5.41 Å². The molecule has 4 nitrogen and oxygen atoms in total. The lowest BCUT2D eigenvalue weighted by atomic mass is 10.3. The van der Waals surface area contributed by atoms with Crippen molar-refractivity contribution in [1.82, 2.24) is 9.55 Å². The number of halogens is 1. The van der Waals surface area contributed by atoms with E-state index in [0.29, 0.717) is 5.75 Å². The Kier molecular flexibility index (Phi) is 3.94. The third kappa shape index (κ3) is 2.68. The third-order valence-electron chi connectivity index (χ3n) is 2.33. The zero-order chi connectivity index (χ0) is 13.0. The van der Waals surface area contributed by atoms with Crippen molar-refractivity contribution in [2.75, 3.05) is 0 Å². The molecule has 92 valence electrons. The molecular formula is C13H12BrN3O. The van der Waals surface area contributed by atoms with Crippen LogP contribution >= 0.6 is 15.9 Å². The first-order valence-electron chi connectivity index (χ1n) is 5.34. The van der Waals surface area contributed by atoms with Crippen molar-refractivity contribution in [3.63, 3.8) is 0 Å². The van der Waals surface area contributed by atoms with Gasteiger partial charge >= 0.3 is 0 Å². The topological polar surface area (TPSA) is 50.9 Å². The Morgan fingerprint density at radius 1 is 1.39 bits per heavy atom. The van der Waals surface area contributed by atoms with E-state index < -0.39 is 6.23 Å². The molecule has 0 bridgehead atoms. The minimum atomic E-state index is -0.468. The van der Waals surface area contributed by atoms with Crippen LogP contribution in [0.1, 0.15) is 6.23 Å². The highest BCUT2D eigenvalue weighted by molar-refractivity contribution is 9.10. The van der Waals surface area contributed by atoms with Crippen molar-refractivity contribution < 1.29 is 4.74 Å². The summed E-state index contributed by atoms with van der Waals surface area (Å²) in [5, 5.41) is 7.74. The van der Waals surface area contributed by atoms with Gasteiger partial charge in [-0.15, -0.1) is 0 Å². The molecule has 0 aliphatic heterocycles. The first-order chi connectivity index (χ1) is 8.72. The lowest BCUT2D eigenvalue weighted by Crippen LogP contribution is -2.28. The summed E-state index contributed by atoms with van der Waals surface area (Å²) in [5.74, 6) is 0.693. The van der Waals surface area contributed by atoms with Crippen LogP contribution in [-0.2, 0) is 0 Å². The van der Waals surface area contributed by atoms with E-state index in [0.717, 1.165) is 4.47 Å². The van der Waals surface area contributed by atoms with Crippen LogP contribution in [0.3, 0.4) is 0 Å².